The van der Waals surface area contributed by atoms with Gasteiger partial charge in [0.05, 0.1) is 12.2 Å². The summed E-state index contributed by atoms with van der Waals surface area (Å²) in [7, 11) is 0. The lowest BCUT2D eigenvalue weighted by Gasteiger charge is -2.48. The molecule has 0 bridgehead atoms. The van der Waals surface area contributed by atoms with E-state index in [9.17, 15) is 9.90 Å². The molecule has 18 heavy (non-hydrogen) atoms. The number of Topliss-reactive ketones (excluding diaryl/α,β-unsaturated/α-hetero) is 1. The minimum Gasteiger partial charge on any atom is -0.368 e. The lowest BCUT2D eigenvalue weighted by Crippen LogP contribution is -2.61. The molecule has 3 aliphatic heterocycles. The summed E-state index contributed by atoms with van der Waals surface area (Å²) in [6.07, 6.45) is -2.24. The van der Waals surface area contributed by atoms with Gasteiger partial charge in [-0.2, -0.15) is 0 Å². The molecule has 0 aromatic rings. The van der Waals surface area contributed by atoms with Gasteiger partial charge in [0, 0.05) is 12.8 Å². The van der Waals surface area contributed by atoms with Crippen LogP contribution >= 0.6 is 0 Å². The SMILES string of the molecule is CC1OC2OC3CC(O)OC(C)C3OC2CC1=O. The Morgan fingerprint density at radius 1 is 1.11 bits per heavy atom. The number of carbonyl (C=O) groups is 1. The van der Waals surface area contributed by atoms with Crippen LogP contribution in [0.5, 0.6) is 0 Å². The van der Waals surface area contributed by atoms with Crippen LogP contribution in [0, 0.1) is 0 Å². The summed E-state index contributed by atoms with van der Waals surface area (Å²) in [6, 6.07) is 0. The van der Waals surface area contributed by atoms with Gasteiger partial charge in [0.1, 0.15) is 18.3 Å². The van der Waals surface area contributed by atoms with Crippen LogP contribution in [0.2, 0.25) is 0 Å². The maximum atomic E-state index is 11.6. The molecule has 3 saturated heterocycles. The second-order valence-electron chi connectivity index (χ2n) is 5.16. The summed E-state index contributed by atoms with van der Waals surface area (Å²) in [5, 5.41) is 9.56. The van der Waals surface area contributed by atoms with Gasteiger partial charge in [0.2, 0.25) is 0 Å². The van der Waals surface area contributed by atoms with Crippen molar-refractivity contribution in [2.24, 2.45) is 0 Å². The average molecular weight is 258 g/mol. The number of ketones is 1. The van der Waals surface area contributed by atoms with E-state index >= 15 is 0 Å². The monoisotopic (exact) mass is 258 g/mol. The van der Waals surface area contributed by atoms with E-state index in [1.807, 2.05) is 6.92 Å². The van der Waals surface area contributed by atoms with Crippen molar-refractivity contribution >= 4 is 5.78 Å². The summed E-state index contributed by atoms with van der Waals surface area (Å²) in [4.78, 5) is 11.6. The summed E-state index contributed by atoms with van der Waals surface area (Å²) in [5.74, 6) is 0.0303. The van der Waals surface area contributed by atoms with Crippen molar-refractivity contribution in [1.29, 1.82) is 0 Å². The van der Waals surface area contributed by atoms with E-state index in [1.165, 1.54) is 0 Å². The van der Waals surface area contributed by atoms with Gasteiger partial charge in [-0.15, -0.1) is 0 Å². The highest BCUT2D eigenvalue weighted by Gasteiger charge is 2.49. The van der Waals surface area contributed by atoms with Gasteiger partial charge in [0.15, 0.2) is 18.4 Å². The first kappa shape index (κ1) is 12.5. The van der Waals surface area contributed by atoms with Crippen LogP contribution in [0.4, 0.5) is 0 Å². The molecule has 7 atom stereocenters. The van der Waals surface area contributed by atoms with Crippen LogP contribution in [0.25, 0.3) is 0 Å². The quantitative estimate of drug-likeness (QED) is 0.657. The van der Waals surface area contributed by atoms with Gasteiger partial charge in [-0.25, -0.2) is 0 Å². The molecule has 0 amide bonds. The predicted octanol–water partition coefficient (Wildman–Crippen LogP) is -0.0298. The third kappa shape index (κ3) is 2.08. The Balaban J connectivity index is 1.74. The summed E-state index contributed by atoms with van der Waals surface area (Å²) in [5.41, 5.74) is 0. The standard InChI is InChI=1S/C12H18O6/c1-5-7(13)3-9-12(16-5)18-8-4-10(14)15-6(2)11(8)17-9/h5-6,8-12,14H,3-4H2,1-2H3. The Hall–Kier alpha value is -0.530. The fourth-order valence-electron chi connectivity index (χ4n) is 2.78. The highest BCUT2D eigenvalue weighted by atomic mass is 16.7. The number of ether oxygens (including phenoxy) is 4. The Labute approximate surface area is 105 Å². The number of hydrogen-bond acceptors (Lipinski definition) is 6. The zero-order valence-corrected chi connectivity index (χ0v) is 10.4. The van der Waals surface area contributed by atoms with Crippen molar-refractivity contribution in [3.63, 3.8) is 0 Å². The Kier molecular flexibility index (Phi) is 3.15. The van der Waals surface area contributed by atoms with E-state index in [0.717, 1.165) is 0 Å². The minimum absolute atomic E-state index is 0.0303. The fraction of sp³-hybridized carbons (Fsp3) is 0.917. The Morgan fingerprint density at radius 3 is 2.67 bits per heavy atom. The lowest BCUT2D eigenvalue weighted by molar-refractivity contribution is -0.357. The summed E-state index contributed by atoms with van der Waals surface area (Å²) in [6.45, 7) is 3.55. The molecule has 3 heterocycles. The van der Waals surface area contributed by atoms with Crippen LogP contribution in [0.15, 0.2) is 0 Å². The van der Waals surface area contributed by atoms with Gasteiger partial charge in [0.25, 0.3) is 0 Å². The van der Waals surface area contributed by atoms with E-state index in [2.05, 4.69) is 0 Å². The van der Waals surface area contributed by atoms with Crippen LogP contribution in [0.3, 0.4) is 0 Å². The molecular formula is C12H18O6. The molecule has 0 radical (unpaired) electrons. The Bertz CT molecular complexity index is 345. The van der Waals surface area contributed by atoms with Gasteiger partial charge in [-0.3, -0.25) is 4.79 Å². The van der Waals surface area contributed by atoms with Crippen molar-refractivity contribution < 1.29 is 28.8 Å². The maximum absolute atomic E-state index is 11.6. The van der Waals surface area contributed by atoms with Gasteiger partial charge in [-0.05, 0) is 13.8 Å². The molecule has 0 spiro atoms. The van der Waals surface area contributed by atoms with Gasteiger partial charge in [-0.1, -0.05) is 0 Å². The van der Waals surface area contributed by atoms with Crippen molar-refractivity contribution in [3.05, 3.63) is 0 Å². The molecule has 1 N–H and O–H groups in total. The average Bonchev–Trinajstić information content (AvgIpc) is 2.29. The van der Waals surface area contributed by atoms with E-state index < -0.39 is 18.7 Å². The highest BCUT2D eigenvalue weighted by molar-refractivity contribution is 5.83. The molecular weight excluding hydrogens is 240 g/mol. The van der Waals surface area contributed by atoms with E-state index in [0.29, 0.717) is 12.8 Å². The van der Waals surface area contributed by atoms with E-state index in [4.69, 9.17) is 18.9 Å². The largest absolute Gasteiger partial charge is 0.368 e. The van der Waals surface area contributed by atoms with Gasteiger partial charge >= 0.3 is 0 Å². The molecule has 0 aromatic heterocycles. The summed E-state index contributed by atoms with van der Waals surface area (Å²) < 4.78 is 22.5. The zero-order chi connectivity index (χ0) is 12.9. The lowest BCUT2D eigenvalue weighted by atomic mass is 9.97. The van der Waals surface area contributed by atoms with Crippen LogP contribution in [-0.4, -0.2) is 54.0 Å². The molecule has 7 unspecified atom stereocenters. The predicted molar refractivity (Wildman–Crippen MR) is 58.7 cm³/mol. The first-order chi connectivity index (χ1) is 8.54. The van der Waals surface area contributed by atoms with Crippen LogP contribution < -0.4 is 0 Å². The number of aliphatic hydroxyl groups is 1. The number of aliphatic hydroxyl groups excluding tert-OH is 1. The molecule has 6 nitrogen and oxygen atoms in total. The van der Waals surface area contributed by atoms with Gasteiger partial charge < -0.3 is 24.1 Å². The second kappa shape index (κ2) is 4.54. The van der Waals surface area contributed by atoms with Crippen molar-refractivity contribution in [1.82, 2.24) is 0 Å². The third-order valence-electron chi connectivity index (χ3n) is 3.77. The Morgan fingerprint density at radius 2 is 1.89 bits per heavy atom. The number of fused-ring (bicyclic) bond motifs is 2. The molecule has 3 fully saturated rings. The van der Waals surface area contributed by atoms with Crippen LogP contribution in [-0.2, 0) is 23.7 Å². The summed E-state index contributed by atoms with van der Waals surface area (Å²) >= 11 is 0. The normalized spacial score (nSPS) is 52.6. The molecule has 0 saturated carbocycles. The maximum Gasteiger partial charge on any atom is 0.185 e. The number of hydrogen-bond donors (Lipinski definition) is 1. The molecule has 3 aliphatic rings. The van der Waals surface area contributed by atoms with Crippen molar-refractivity contribution in [2.75, 3.05) is 0 Å². The van der Waals surface area contributed by atoms with E-state index in [1.54, 1.807) is 6.92 Å². The van der Waals surface area contributed by atoms with E-state index in [-0.39, 0.29) is 30.2 Å². The third-order valence-corrected chi connectivity index (χ3v) is 3.77. The minimum atomic E-state index is -0.830. The molecule has 0 aliphatic carbocycles. The first-order valence-electron chi connectivity index (χ1n) is 6.37. The topological polar surface area (TPSA) is 74.2 Å². The number of rotatable bonds is 0. The van der Waals surface area contributed by atoms with Crippen LogP contribution in [0.1, 0.15) is 26.7 Å². The number of carbonyl (C=O) groups excluding carboxylic acids is 1. The molecule has 0 aromatic carbocycles. The van der Waals surface area contributed by atoms with Crippen molar-refractivity contribution in [2.45, 2.75) is 69.8 Å². The zero-order valence-electron chi connectivity index (χ0n) is 10.4. The fourth-order valence-corrected chi connectivity index (χ4v) is 2.78. The molecule has 3 rings (SSSR count). The molecule has 102 valence electrons. The smallest absolute Gasteiger partial charge is 0.185 e. The second-order valence-corrected chi connectivity index (χ2v) is 5.16. The first-order valence-corrected chi connectivity index (χ1v) is 6.37. The highest BCUT2D eigenvalue weighted by Crippen LogP contribution is 2.35. The molecule has 6 heteroatoms. The van der Waals surface area contributed by atoms with Crippen molar-refractivity contribution in [3.8, 4) is 0 Å².